The van der Waals surface area contributed by atoms with Gasteiger partial charge in [0.2, 0.25) is 0 Å². The van der Waals surface area contributed by atoms with Gasteiger partial charge in [0.05, 0.1) is 6.61 Å². The van der Waals surface area contributed by atoms with Gasteiger partial charge in [0.1, 0.15) is 11.7 Å². The summed E-state index contributed by atoms with van der Waals surface area (Å²) >= 11 is 0. The standard InChI is InChI=1S/C16H21N3O2/c1-5-13-17-15(19(4)18-13)14(16(20)21-6-2)12-9-7-8-11(3)10-12/h7-10,14H,5-6H2,1-4H3. The minimum Gasteiger partial charge on any atom is -0.465 e. The Balaban J connectivity index is 2.50. The largest absolute Gasteiger partial charge is 0.465 e. The summed E-state index contributed by atoms with van der Waals surface area (Å²) < 4.78 is 6.90. The maximum atomic E-state index is 12.4. The van der Waals surface area contributed by atoms with Crippen molar-refractivity contribution in [3.63, 3.8) is 0 Å². The molecule has 112 valence electrons. The van der Waals surface area contributed by atoms with E-state index in [1.807, 2.05) is 45.2 Å². The lowest BCUT2D eigenvalue weighted by Crippen LogP contribution is -2.21. The van der Waals surface area contributed by atoms with Crippen LogP contribution >= 0.6 is 0 Å². The average molecular weight is 287 g/mol. The molecule has 0 saturated carbocycles. The van der Waals surface area contributed by atoms with Crippen molar-refractivity contribution in [2.24, 2.45) is 7.05 Å². The highest BCUT2D eigenvalue weighted by Gasteiger charge is 2.29. The molecule has 2 aromatic rings. The maximum Gasteiger partial charge on any atom is 0.321 e. The number of carbonyl (C=O) groups is 1. The van der Waals surface area contributed by atoms with Crippen LogP contribution in [-0.2, 0) is 23.0 Å². The fraction of sp³-hybridized carbons (Fsp3) is 0.438. The van der Waals surface area contributed by atoms with Gasteiger partial charge < -0.3 is 4.74 Å². The van der Waals surface area contributed by atoms with Crippen molar-refractivity contribution in [2.45, 2.75) is 33.1 Å². The van der Waals surface area contributed by atoms with Gasteiger partial charge in [-0.3, -0.25) is 9.48 Å². The van der Waals surface area contributed by atoms with Crippen molar-refractivity contribution in [3.05, 3.63) is 47.0 Å². The molecule has 0 aliphatic carbocycles. The first-order valence-electron chi connectivity index (χ1n) is 7.19. The molecule has 0 N–H and O–H groups in total. The second kappa shape index (κ2) is 6.52. The molecule has 1 atom stereocenters. The molecule has 0 fully saturated rings. The average Bonchev–Trinajstić information content (AvgIpc) is 2.81. The summed E-state index contributed by atoms with van der Waals surface area (Å²) in [6.45, 7) is 6.14. The minimum atomic E-state index is -0.539. The van der Waals surface area contributed by atoms with Crippen molar-refractivity contribution in [1.82, 2.24) is 14.8 Å². The number of hydrogen-bond acceptors (Lipinski definition) is 4. The molecular formula is C16H21N3O2. The van der Waals surface area contributed by atoms with Crippen LogP contribution in [0.25, 0.3) is 0 Å². The highest BCUT2D eigenvalue weighted by atomic mass is 16.5. The molecule has 0 spiro atoms. The number of aromatic nitrogens is 3. The molecule has 0 bridgehead atoms. The van der Waals surface area contributed by atoms with E-state index in [0.29, 0.717) is 12.4 Å². The Morgan fingerprint density at radius 3 is 2.71 bits per heavy atom. The summed E-state index contributed by atoms with van der Waals surface area (Å²) in [7, 11) is 1.81. The van der Waals surface area contributed by atoms with Crippen LogP contribution in [0.1, 0.15) is 42.5 Å². The van der Waals surface area contributed by atoms with E-state index in [1.54, 1.807) is 11.6 Å². The Labute approximate surface area is 125 Å². The number of hydrogen-bond donors (Lipinski definition) is 0. The van der Waals surface area contributed by atoms with Gasteiger partial charge in [0.25, 0.3) is 0 Å². The number of aryl methyl sites for hydroxylation is 3. The topological polar surface area (TPSA) is 57.0 Å². The molecule has 1 heterocycles. The zero-order valence-corrected chi connectivity index (χ0v) is 13.0. The molecule has 2 rings (SSSR count). The number of rotatable bonds is 5. The normalized spacial score (nSPS) is 12.2. The first-order chi connectivity index (χ1) is 10.1. The first-order valence-corrected chi connectivity index (χ1v) is 7.19. The summed E-state index contributed by atoms with van der Waals surface area (Å²) in [6.07, 6.45) is 0.733. The highest BCUT2D eigenvalue weighted by Crippen LogP contribution is 2.25. The zero-order valence-electron chi connectivity index (χ0n) is 13.0. The fourth-order valence-electron chi connectivity index (χ4n) is 2.32. The number of esters is 1. The Hall–Kier alpha value is -2.17. The minimum absolute atomic E-state index is 0.291. The fourth-order valence-corrected chi connectivity index (χ4v) is 2.32. The number of ether oxygens (including phenoxy) is 1. The van der Waals surface area contributed by atoms with Gasteiger partial charge in [-0.05, 0) is 19.4 Å². The maximum absolute atomic E-state index is 12.4. The van der Waals surface area contributed by atoms with Gasteiger partial charge in [-0.1, -0.05) is 36.8 Å². The van der Waals surface area contributed by atoms with Crippen LogP contribution in [0.5, 0.6) is 0 Å². The van der Waals surface area contributed by atoms with Crippen LogP contribution in [0.3, 0.4) is 0 Å². The van der Waals surface area contributed by atoms with Gasteiger partial charge in [0, 0.05) is 13.5 Å². The SMILES string of the molecule is CCOC(=O)C(c1cccc(C)c1)c1nc(CC)nn1C. The predicted molar refractivity (Wildman–Crippen MR) is 80.0 cm³/mol. The van der Waals surface area contributed by atoms with Crippen molar-refractivity contribution in [3.8, 4) is 0 Å². The van der Waals surface area contributed by atoms with Crippen LogP contribution in [0, 0.1) is 6.92 Å². The third kappa shape index (κ3) is 3.29. The monoisotopic (exact) mass is 287 g/mol. The van der Waals surface area contributed by atoms with E-state index in [4.69, 9.17) is 4.74 Å². The van der Waals surface area contributed by atoms with E-state index < -0.39 is 5.92 Å². The molecule has 5 nitrogen and oxygen atoms in total. The third-order valence-corrected chi connectivity index (χ3v) is 3.31. The van der Waals surface area contributed by atoms with Crippen LogP contribution in [-0.4, -0.2) is 27.3 Å². The second-order valence-corrected chi connectivity index (χ2v) is 4.96. The van der Waals surface area contributed by atoms with Gasteiger partial charge >= 0.3 is 5.97 Å². The molecular weight excluding hydrogens is 266 g/mol. The van der Waals surface area contributed by atoms with Gasteiger partial charge in [-0.15, -0.1) is 0 Å². The number of carbonyl (C=O) groups excluding carboxylic acids is 1. The lowest BCUT2D eigenvalue weighted by atomic mass is 9.96. The molecule has 0 aliphatic rings. The highest BCUT2D eigenvalue weighted by molar-refractivity contribution is 5.81. The van der Waals surface area contributed by atoms with Crippen molar-refractivity contribution in [1.29, 1.82) is 0 Å². The molecule has 21 heavy (non-hydrogen) atoms. The number of benzene rings is 1. The van der Waals surface area contributed by atoms with Gasteiger partial charge in [0.15, 0.2) is 5.82 Å². The summed E-state index contributed by atoms with van der Waals surface area (Å²) in [6, 6.07) is 7.85. The molecule has 0 aliphatic heterocycles. The zero-order chi connectivity index (χ0) is 15.4. The van der Waals surface area contributed by atoms with E-state index in [1.165, 1.54) is 0 Å². The van der Waals surface area contributed by atoms with E-state index in [9.17, 15) is 4.79 Å². The first kappa shape index (κ1) is 15.2. The molecule has 5 heteroatoms. The van der Waals surface area contributed by atoms with E-state index in [0.717, 1.165) is 23.4 Å². The smallest absolute Gasteiger partial charge is 0.321 e. The molecule has 1 aromatic carbocycles. The van der Waals surface area contributed by atoms with E-state index in [-0.39, 0.29) is 5.97 Å². The predicted octanol–water partition coefficient (Wildman–Crippen LogP) is 2.38. The second-order valence-electron chi connectivity index (χ2n) is 4.96. The Bertz CT molecular complexity index is 634. The van der Waals surface area contributed by atoms with Gasteiger partial charge in [-0.2, -0.15) is 5.10 Å². The summed E-state index contributed by atoms with van der Waals surface area (Å²) in [5.74, 6) is 0.522. The van der Waals surface area contributed by atoms with Crippen LogP contribution in [0.2, 0.25) is 0 Å². The molecule has 0 radical (unpaired) electrons. The van der Waals surface area contributed by atoms with Crippen LogP contribution < -0.4 is 0 Å². The van der Waals surface area contributed by atoms with Crippen LogP contribution in [0.15, 0.2) is 24.3 Å². The molecule has 0 saturated heterocycles. The van der Waals surface area contributed by atoms with Gasteiger partial charge in [-0.25, -0.2) is 4.98 Å². The third-order valence-electron chi connectivity index (χ3n) is 3.31. The summed E-state index contributed by atoms with van der Waals surface area (Å²) in [5.41, 5.74) is 1.98. The molecule has 1 aromatic heterocycles. The Kier molecular flexibility index (Phi) is 4.73. The Morgan fingerprint density at radius 2 is 2.14 bits per heavy atom. The van der Waals surface area contributed by atoms with E-state index in [2.05, 4.69) is 10.1 Å². The lowest BCUT2D eigenvalue weighted by Gasteiger charge is -2.15. The van der Waals surface area contributed by atoms with Crippen molar-refractivity contribution < 1.29 is 9.53 Å². The molecule has 1 unspecified atom stereocenters. The Morgan fingerprint density at radius 1 is 1.38 bits per heavy atom. The number of nitrogens with zero attached hydrogens (tertiary/aromatic N) is 3. The van der Waals surface area contributed by atoms with Crippen molar-refractivity contribution in [2.75, 3.05) is 6.61 Å². The lowest BCUT2D eigenvalue weighted by molar-refractivity contribution is -0.144. The summed E-state index contributed by atoms with van der Waals surface area (Å²) in [4.78, 5) is 16.9. The molecule has 0 amide bonds. The summed E-state index contributed by atoms with van der Waals surface area (Å²) in [5, 5.41) is 4.34. The van der Waals surface area contributed by atoms with Crippen molar-refractivity contribution >= 4 is 5.97 Å². The van der Waals surface area contributed by atoms with E-state index >= 15 is 0 Å². The quantitative estimate of drug-likeness (QED) is 0.792. The van der Waals surface area contributed by atoms with Crippen LogP contribution in [0.4, 0.5) is 0 Å².